The van der Waals surface area contributed by atoms with Crippen LogP contribution in [-0.2, 0) is 11.3 Å². The number of nitrogens with one attached hydrogen (secondary N) is 1. The molecule has 3 aromatic rings. The van der Waals surface area contributed by atoms with Gasteiger partial charge in [0.15, 0.2) is 11.5 Å². The molecule has 1 aromatic heterocycles. The molecule has 0 saturated heterocycles. The van der Waals surface area contributed by atoms with Crippen molar-refractivity contribution >= 4 is 16.8 Å². The minimum atomic E-state index is -0.356. The average Bonchev–Trinajstić information content (AvgIpc) is 3.16. The van der Waals surface area contributed by atoms with Crippen LogP contribution in [-0.4, -0.2) is 40.3 Å². The second kappa shape index (κ2) is 7.55. The third kappa shape index (κ3) is 3.73. The van der Waals surface area contributed by atoms with E-state index >= 15 is 0 Å². The van der Waals surface area contributed by atoms with Gasteiger partial charge in [0, 0.05) is 6.07 Å². The van der Waals surface area contributed by atoms with Gasteiger partial charge in [-0.25, -0.2) is 4.68 Å². The van der Waals surface area contributed by atoms with Crippen LogP contribution in [0.1, 0.15) is 6.92 Å². The van der Waals surface area contributed by atoms with Gasteiger partial charge in [0.2, 0.25) is 12.7 Å². The Kier molecular flexibility index (Phi) is 4.79. The van der Waals surface area contributed by atoms with Crippen molar-refractivity contribution in [1.82, 2.24) is 20.3 Å². The maximum Gasteiger partial charge on any atom is 0.278 e. The molecule has 2 heterocycles. The van der Waals surface area contributed by atoms with Crippen molar-refractivity contribution in [2.75, 3.05) is 13.4 Å². The van der Waals surface area contributed by atoms with Crippen LogP contribution in [0.25, 0.3) is 10.9 Å². The van der Waals surface area contributed by atoms with Crippen molar-refractivity contribution in [1.29, 1.82) is 0 Å². The number of hydrogen-bond acceptors (Lipinski definition) is 7. The lowest BCUT2D eigenvalue weighted by molar-refractivity contribution is -0.122. The molecular formula is C19H18N4O5. The molecule has 28 heavy (non-hydrogen) atoms. The Morgan fingerprint density at radius 3 is 2.96 bits per heavy atom. The second-order valence-corrected chi connectivity index (χ2v) is 6.36. The monoisotopic (exact) mass is 382 g/mol. The highest BCUT2D eigenvalue weighted by Crippen LogP contribution is 2.35. The van der Waals surface area contributed by atoms with Crippen molar-refractivity contribution < 1.29 is 19.0 Å². The fourth-order valence-corrected chi connectivity index (χ4v) is 2.81. The first-order valence-corrected chi connectivity index (χ1v) is 8.74. The average molecular weight is 382 g/mol. The summed E-state index contributed by atoms with van der Waals surface area (Å²) in [5, 5.41) is 11.0. The van der Waals surface area contributed by atoms with E-state index in [1.807, 2.05) is 0 Å². The third-order valence-electron chi connectivity index (χ3n) is 4.17. The number of ether oxygens (including phenoxy) is 3. The smallest absolute Gasteiger partial charge is 0.278 e. The Hall–Kier alpha value is -3.62. The summed E-state index contributed by atoms with van der Waals surface area (Å²) in [5.41, 5.74) is 0.139. The Morgan fingerprint density at radius 2 is 2.07 bits per heavy atom. The van der Waals surface area contributed by atoms with Gasteiger partial charge in [0.25, 0.3) is 5.56 Å². The molecule has 2 aromatic carbocycles. The van der Waals surface area contributed by atoms with E-state index in [1.54, 1.807) is 49.4 Å². The van der Waals surface area contributed by atoms with E-state index < -0.39 is 0 Å². The van der Waals surface area contributed by atoms with Crippen LogP contribution < -0.4 is 25.1 Å². The molecule has 9 nitrogen and oxygen atoms in total. The second-order valence-electron chi connectivity index (χ2n) is 6.36. The van der Waals surface area contributed by atoms with Crippen LogP contribution in [0.5, 0.6) is 17.2 Å². The lowest BCUT2D eigenvalue weighted by Crippen LogP contribution is -2.41. The normalized spacial score (nSPS) is 13.3. The molecule has 1 amide bonds. The summed E-state index contributed by atoms with van der Waals surface area (Å²) < 4.78 is 17.3. The van der Waals surface area contributed by atoms with Gasteiger partial charge in [-0.1, -0.05) is 17.3 Å². The summed E-state index contributed by atoms with van der Waals surface area (Å²) in [5.74, 6) is 1.56. The van der Waals surface area contributed by atoms with Crippen molar-refractivity contribution in [3.8, 4) is 17.2 Å². The summed E-state index contributed by atoms with van der Waals surface area (Å²) in [6.45, 7) is 2.04. The number of amides is 1. The first-order valence-electron chi connectivity index (χ1n) is 8.74. The van der Waals surface area contributed by atoms with E-state index in [4.69, 9.17) is 14.2 Å². The molecule has 1 atom stereocenters. The summed E-state index contributed by atoms with van der Waals surface area (Å²) in [6.07, 6.45) is 0. The lowest BCUT2D eigenvalue weighted by Gasteiger charge is -2.15. The van der Waals surface area contributed by atoms with Gasteiger partial charge in [0.1, 0.15) is 24.4 Å². The summed E-state index contributed by atoms with van der Waals surface area (Å²) >= 11 is 0. The first-order chi connectivity index (χ1) is 13.6. The van der Waals surface area contributed by atoms with Crippen molar-refractivity contribution in [3.63, 3.8) is 0 Å². The van der Waals surface area contributed by atoms with E-state index in [0.29, 0.717) is 28.2 Å². The molecule has 9 heteroatoms. The van der Waals surface area contributed by atoms with Gasteiger partial charge in [0.05, 0.1) is 11.4 Å². The SMILES string of the molecule is C[C@H](COc1ccc2c(c1)OCO2)NC(=O)Cn1nnc2ccccc2c1=O. The van der Waals surface area contributed by atoms with Gasteiger partial charge < -0.3 is 19.5 Å². The fraction of sp³-hybridized carbons (Fsp3) is 0.263. The minimum absolute atomic E-state index is 0.197. The van der Waals surface area contributed by atoms with Crippen LogP contribution in [0, 0.1) is 0 Å². The van der Waals surface area contributed by atoms with Crippen molar-refractivity contribution in [2.24, 2.45) is 0 Å². The van der Waals surface area contributed by atoms with Crippen molar-refractivity contribution in [2.45, 2.75) is 19.5 Å². The molecule has 0 radical (unpaired) electrons. The minimum Gasteiger partial charge on any atom is -0.491 e. The quantitative estimate of drug-likeness (QED) is 0.681. The first kappa shape index (κ1) is 17.8. The number of carbonyl (C=O) groups excluding carboxylic acids is 1. The highest BCUT2D eigenvalue weighted by Gasteiger charge is 2.15. The van der Waals surface area contributed by atoms with Crippen LogP contribution >= 0.6 is 0 Å². The third-order valence-corrected chi connectivity index (χ3v) is 4.17. The molecular weight excluding hydrogens is 364 g/mol. The number of fused-ring (bicyclic) bond motifs is 2. The van der Waals surface area contributed by atoms with Gasteiger partial charge in [-0.3, -0.25) is 9.59 Å². The Labute approximate surface area is 159 Å². The molecule has 0 bridgehead atoms. The molecule has 0 unspecified atom stereocenters. The predicted molar refractivity (Wildman–Crippen MR) is 99.5 cm³/mol. The highest BCUT2D eigenvalue weighted by atomic mass is 16.7. The Morgan fingerprint density at radius 1 is 1.25 bits per heavy atom. The topological polar surface area (TPSA) is 105 Å². The number of rotatable bonds is 6. The van der Waals surface area contributed by atoms with Gasteiger partial charge >= 0.3 is 0 Å². The number of aromatic nitrogens is 3. The van der Waals surface area contributed by atoms with E-state index in [1.165, 1.54) is 0 Å². The summed E-state index contributed by atoms with van der Waals surface area (Å²) in [4.78, 5) is 24.6. The van der Waals surface area contributed by atoms with E-state index in [9.17, 15) is 9.59 Å². The van der Waals surface area contributed by atoms with Crippen LogP contribution in [0.3, 0.4) is 0 Å². The van der Waals surface area contributed by atoms with Crippen LogP contribution in [0.4, 0.5) is 0 Å². The van der Waals surface area contributed by atoms with Gasteiger partial charge in [-0.2, -0.15) is 0 Å². The van der Waals surface area contributed by atoms with E-state index in [0.717, 1.165) is 4.68 Å². The van der Waals surface area contributed by atoms with E-state index in [2.05, 4.69) is 15.6 Å². The standard InChI is InChI=1S/C19H18N4O5/c1-12(10-26-13-6-7-16-17(8-13)28-11-27-16)20-18(24)9-23-19(25)14-4-2-3-5-15(14)21-22-23/h2-8,12H,9-11H2,1H3,(H,20,24)/t12-/m1/s1. The molecule has 4 rings (SSSR count). The number of benzene rings is 2. The number of carbonyl (C=O) groups is 1. The molecule has 1 N–H and O–H groups in total. The Bertz CT molecular complexity index is 1080. The summed E-state index contributed by atoms with van der Waals surface area (Å²) in [6, 6.07) is 11.9. The zero-order valence-electron chi connectivity index (χ0n) is 15.1. The fourth-order valence-electron chi connectivity index (χ4n) is 2.81. The highest BCUT2D eigenvalue weighted by molar-refractivity contribution is 5.78. The van der Waals surface area contributed by atoms with Gasteiger partial charge in [-0.15, -0.1) is 5.10 Å². The summed E-state index contributed by atoms with van der Waals surface area (Å²) in [7, 11) is 0. The molecule has 144 valence electrons. The molecule has 1 aliphatic heterocycles. The maximum absolute atomic E-state index is 12.4. The zero-order valence-corrected chi connectivity index (χ0v) is 15.1. The molecule has 0 fully saturated rings. The zero-order chi connectivity index (χ0) is 19.5. The molecule has 1 aliphatic rings. The van der Waals surface area contributed by atoms with Gasteiger partial charge in [-0.05, 0) is 31.2 Å². The predicted octanol–water partition coefficient (Wildman–Crippen LogP) is 1.10. The largest absolute Gasteiger partial charge is 0.491 e. The Balaban J connectivity index is 1.33. The molecule has 0 aliphatic carbocycles. The van der Waals surface area contributed by atoms with Crippen LogP contribution in [0.15, 0.2) is 47.3 Å². The lowest BCUT2D eigenvalue weighted by atomic mass is 10.2. The molecule has 0 spiro atoms. The molecule has 0 saturated carbocycles. The number of hydrogen-bond donors (Lipinski definition) is 1. The van der Waals surface area contributed by atoms with Crippen molar-refractivity contribution in [3.05, 3.63) is 52.8 Å². The van der Waals surface area contributed by atoms with E-state index in [-0.39, 0.29) is 37.5 Å². The van der Waals surface area contributed by atoms with Crippen LogP contribution in [0.2, 0.25) is 0 Å². The number of nitrogens with zero attached hydrogens (tertiary/aromatic N) is 3. The maximum atomic E-state index is 12.4.